The van der Waals surface area contributed by atoms with E-state index in [1.54, 1.807) is 24.3 Å². The number of ether oxygens (including phenoxy) is 1. The molecule has 2 aliphatic rings. The van der Waals surface area contributed by atoms with Gasteiger partial charge < -0.3 is 9.30 Å². The van der Waals surface area contributed by atoms with Gasteiger partial charge in [-0.2, -0.15) is 4.31 Å². The monoisotopic (exact) mass is 374 g/mol. The Morgan fingerprint density at radius 3 is 2.27 bits per heavy atom. The molecule has 0 atom stereocenters. The number of rotatable bonds is 5. The summed E-state index contributed by atoms with van der Waals surface area (Å²) >= 11 is 0. The molecule has 0 unspecified atom stereocenters. The second-order valence-corrected chi connectivity index (χ2v) is 9.08. The van der Waals surface area contributed by atoms with Gasteiger partial charge in [0.1, 0.15) is 11.9 Å². The molecule has 0 bridgehead atoms. The molecule has 138 valence electrons. The summed E-state index contributed by atoms with van der Waals surface area (Å²) in [6, 6.07) is 10.5. The maximum Gasteiger partial charge on any atom is 0.254 e. The number of pyridine rings is 1. The van der Waals surface area contributed by atoms with Gasteiger partial charge in [-0.1, -0.05) is 17.7 Å². The first-order valence-corrected chi connectivity index (χ1v) is 10.3. The number of benzene rings is 1. The van der Waals surface area contributed by atoms with E-state index in [0.29, 0.717) is 29.8 Å². The third-order valence-electron chi connectivity index (χ3n) is 4.92. The van der Waals surface area contributed by atoms with Crippen LogP contribution < -0.4 is 10.3 Å². The van der Waals surface area contributed by atoms with Crippen molar-refractivity contribution in [2.75, 3.05) is 13.1 Å². The van der Waals surface area contributed by atoms with E-state index in [2.05, 4.69) is 0 Å². The minimum absolute atomic E-state index is 0.0500. The number of aryl methyl sites for hydroxylation is 2. The van der Waals surface area contributed by atoms with Crippen molar-refractivity contribution < 1.29 is 13.2 Å². The van der Waals surface area contributed by atoms with Crippen molar-refractivity contribution in [1.29, 1.82) is 0 Å². The Morgan fingerprint density at radius 1 is 1.04 bits per heavy atom. The van der Waals surface area contributed by atoms with Crippen molar-refractivity contribution >= 4 is 10.0 Å². The highest BCUT2D eigenvalue weighted by atomic mass is 32.2. The van der Waals surface area contributed by atoms with Crippen LogP contribution in [-0.4, -0.2) is 36.5 Å². The summed E-state index contributed by atoms with van der Waals surface area (Å²) in [5.74, 6) is 0.516. The molecule has 26 heavy (non-hydrogen) atoms. The number of hydrogen-bond donors (Lipinski definition) is 0. The number of aromatic nitrogens is 1. The van der Waals surface area contributed by atoms with E-state index < -0.39 is 10.0 Å². The maximum absolute atomic E-state index is 12.6. The fraction of sp³-hybridized carbons (Fsp3) is 0.421. The second kappa shape index (κ2) is 6.25. The van der Waals surface area contributed by atoms with Gasteiger partial charge in [-0.15, -0.1) is 0 Å². The third kappa shape index (κ3) is 3.17. The van der Waals surface area contributed by atoms with Gasteiger partial charge in [-0.25, -0.2) is 8.42 Å². The molecule has 0 radical (unpaired) electrons. The summed E-state index contributed by atoms with van der Waals surface area (Å²) in [6.45, 7) is 4.41. The van der Waals surface area contributed by atoms with Crippen LogP contribution in [0.25, 0.3) is 0 Å². The molecule has 1 aliphatic heterocycles. The molecule has 4 rings (SSSR count). The highest BCUT2D eigenvalue weighted by molar-refractivity contribution is 7.89. The molecule has 2 fully saturated rings. The van der Waals surface area contributed by atoms with Gasteiger partial charge in [0.2, 0.25) is 10.0 Å². The SMILES string of the molecule is Cc1ccc(S(=O)(=O)N2CC(Oc3cc(C)n(C4CC4)c(=O)c3)C2)cc1. The zero-order valence-corrected chi connectivity index (χ0v) is 15.7. The minimum Gasteiger partial charge on any atom is -0.487 e. The van der Waals surface area contributed by atoms with Crippen LogP contribution in [0.4, 0.5) is 0 Å². The first-order valence-electron chi connectivity index (χ1n) is 8.81. The van der Waals surface area contributed by atoms with Gasteiger partial charge in [0.15, 0.2) is 0 Å². The van der Waals surface area contributed by atoms with E-state index in [-0.39, 0.29) is 11.7 Å². The molecular weight excluding hydrogens is 352 g/mol. The molecule has 2 aromatic rings. The standard InChI is InChI=1S/C19H22N2O4S/c1-13-3-7-18(8-4-13)26(23,24)20-11-17(12-20)25-16-9-14(2)21(15-5-6-15)19(22)10-16/h3-4,7-10,15,17H,5-6,11-12H2,1-2H3. The van der Waals surface area contributed by atoms with Crippen molar-refractivity contribution in [2.24, 2.45) is 0 Å². The molecule has 2 heterocycles. The highest BCUT2D eigenvalue weighted by Crippen LogP contribution is 2.35. The smallest absolute Gasteiger partial charge is 0.254 e. The molecule has 0 amide bonds. The largest absolute Gasteiger partial charge is 0.487 e. The highest BCUT2D eigenvalue weighted by Gasteiger charge is 2.38. The van der Waals surface area contributed by atoms with Crippen LogP contribution in [0.2, 0.25) is 0 Å². The van der Waals surface area contributed by atoms with Crippen LogP contribution in [0.15, 0.2) is 46.1 Å². The van der Waals surface area contributed by atoms with Gasteiger partial charge in [-0.3, -0.25) is 4.79 Å². The van der Waals surface area contributed by atoms with Crippen LogP contribution in [-0.2, 0) is 10.0 Å². The van der Waals surface area contributed by atoms with Crippen LogP contribution in [0.1, 0.15) is 30.1 Å². The third-order valence-corrected chi connectivity index (χ3v) is 6.77. The Labute approximate surface area is 153 Å². The lowest BCUT2D eigenvalue weighted by Crippen LogP contribution is -2.56. The van der Waals surface area contributed by atoms with E-state index in [1.807, 2.05) is 24.5 Å². The zero-order valence-electron chi connectivity index (χ0n) is 14.9. The van der Waals surface area contributed by atoms with Crippen LogP contribution in [0, 0.1) is 13.8 Å². The summed E-state index contributed by atoms with van der Waals surface area (Å²) in [4.78, 5) is 12.5. The average Bonchev–Trinajstić information content (AvgIpc) is 3.35. The van der Waals surface area contributed by atoms with E-state index in [4.69, 9.17) is 4.74 Å². The van der Waals surface area contributed by atoms with E-state index >= 15 is 0 Å². The fourth-order valence-corrected chi connectivity index (χ4v) is 4.78. The van der Waals surface area contributed by atoms with E-state index in [9.17, 15) is 13.2 Å². The Bertz CT molecular complexity index is 985. The first kappa shape index (κ1) is 17.3. The van der Waals surface area contributed by atoms with Gasteiger partial charge in [0, 0.05) is 17.8 Å². The number of nitrogens with zero attached hydrogens (tertiary/aromatic N) is 2. The van der Waals surface area contributed by atoms with Crippen molar-refractivity contribution in [3.05, 3.63) is 58.0 Å². The van der Waals surface area contributed by atoms with Crippen LogP contribution in [0.3, 0.4) is 0 Å². The minimum atomic E-state index is -3.48. The van der Waals surface area contributed by atoms with Crippen molar-refractivity contribution in [1.82, 2.24) is 8.87 Å². The lowest BCUT2D eigenvalue weighted by Gasteiger charge is -2.37. The Hall–Kier alpha value is -2.12. The van der Waals surface area contributed by atoms with Crippen molar-refractivity contribution in [3.8, 4) is 5.75 Å². The lowest BCUT2D eigenvalue weighted by molar-refractivity contribution is 0.0758. The fourth-order valence-electron chi connectivity index (χ4n) is 3.27. The van der Waals surface area contributed by atoms with Crippen LogP contribution >= 0.6 is 0 Å². The summed E-state index contributed by atoms with van der Waals surface area (Å²) in [5, 5.41) is 0. The molecular formula is C19H22N2O4S. The molecule has 7 heteroatoms. The Kier molecular flexibility index (Phi) is 4.16. The normalized spacial score (nSPS) is 18.5. The molecule has 1 saturated carbocycles. The molecule has 1 aromatic carbocycles. The van der Waals surface area contributed by atoms with Gasteiger partial charge in [-0.05, 0) is 44.9 Å². The average molecular weight is 374 g/mol. The summed E-state index contributed by atoms with van der Waals surface area (Å²) in [5.41, 5.74) is 1.86. The predicted molar refractivity (Wildman–Crippen MR) is 98.1 cm³/mol. The Morgan fingerprint density at radius 2 is 1.69 bits per heavy atom. The summed E-state index contributed by atoms with van der Waals surface area (Å²) in [6.07, 6.45) is 1.87. The zero-order chi connectivity index (χ0) is 18.5. The van der Waals surface area contributed by atoms with E-state index in [0.717, 1.165) is 24.1 Å². The first-order chi connectivity index (χ1) is 12.3. The lowest BCUT2D eigenvalue weighted by atomic mass is 10.2. The van der Waals surface area contributed by atoms with E-state index in [1.165, 1.54) is 10.4 Å². The molecule has 1 aromatic heterocycles. The van der Waals surface area contributed by atoms with Crippen molar-refractivity contribution in [3.63, 3.8) is 0 Å². The Balaban J connectivity index is 1.42. The van der Waals surface area contributed by atoms with Crippen molar-refractivity contribution in [2.45, 2.75) is 43.7 Å². The molecule has 6 nitrogen and oxygen atoms in total. The topological polar surface area (TPSA) is 68.6 Å². The van der Waals surface area contributed by atoms with Gasteiger partial charge in [0.05, 0.1) is 18.0 Å². The summed E-state index contributed by atoms with van der Waals surface area (Å²) in [7, 11) is -3.48. The quantitative estimate of drug-likeness (QED) is 0.805. The second-order valence-electron chi connectivity index (χ2n) is 7.15. The molecule has 0 spiro atoms. The predicted octanol–water partition coefficient (Wildman–Crippen LogP) is 2.25. The van der Waals surface area contributed by atoms with Crippen LogP contribution in [0.5, 0.6) is 5.75 Å². The molecule has 0 N–H and O–H groups in total. The number of sulfonamides is 1. The summed E-state index contributed by atoms with van der Waals surface area (Å²) < 4.78 is 34.2. The molecule has 1 aliphatic carbocycles. The van der Waals surface area contributed by atoms with Gasteiger partial charge in [0.25, 0.3) is 5.56 Å². The number of hydrogen-bond acceptors (Lipinski definition) is 4. The molecule has 1 saturated heterocycles. The van der Waals surface area contributed by atoms with Gasteiger partial charge >= 0.3 is 0 Å². The maximum atomic E-state index is 12.6.